The molecule has 4 rings (SSSR count). The highest BCUT2D eigenvalue weighted by Gasteiger charge is 2.46. The second kappa shape index (κ2) is 8.26. The maximum Gasteiger partial charge on any atom is 0.409 e. The maximum atomic E-state index is 12.5. The Morgan fingerprint density at radius 2 is 1.93 bits per heavy atom. The van der Waals surface area contributed by atoms with Gasteiger partial charge in [-0.05, 0) is 30.0 Å². The van der Waals surface area contributed by atoms with Crippen molar-refractivity contribution in [2.45, 2.75) is 50.7 Å². The first kappa shape index (κ1) is 18.9. The average molecular weight is 384 g/mol. The van der Waals surface area contributed by atoms with Crippen molar-refractivity contribution < 1.29 is 9.53 Å². The molecule has 0 saturated carbocycles. The third-order valence-corrected chi connectivity index (χ3v) is 5.70. The molecule has 2 bridgehead atoms. The summed E-state index contributed by atoms with van der Waals surface area (Å²) in [7, 11) is 1.79. The molecule has 8 heteroatoms. The summed E-state index contributed by atoms with van der Waals surface area (Å²) in [6.45, 7) is 3.97. The topological polar surface area (TPSA) is 76.4 Å². The van der Waals surface area contributed by atoms with E-state index >= 15 is 0 Å². The summed E-state index contributed by atoms with van der Waals surface area (Å²) < 4.78 is 5.45. The predicted molar refractivity (Wildman–Crippen MR) is 104 cm³/mol. The van der Waals surface area contributed by atoms with Gasteiger partial charge in [0.1, 0.15) is 6.04 Å². The molecule has 150 valence electrons. The number of carbonyl (C=O) groups excluding carboxylic acids is 1. The lowest BCUT2D eigenvalue weighted by Gasteiger charge is -2.43. The van der Waals surface area contributed by atoms with E-state index in [9.17, 15) is 4.79 Å². The summed E-state index contributed by atoms with van der Waals surface area (Å²) in [6.07, 6.45) is 3.88. The number of hydrogen-bond acceptors (Lipinski definition) is 6. The smallest absolute Gasteiger partial charge is 0.409 e. The van der Waals surface area contributed by atoms with Gasteiger partial charge in [-0.3, -0.25) is 4.90 Å². The molecule has 2 saturated heterocycles. The van der Waals surface area contributed by atoms with Crippen molar-refractivity contribution in [3.05, 3.63) is 41.7 Å². The van der Waals surface area contributed by atoms with Crippen LogP contribution in [0.5, 0.6) is 0 Å². The second-order valence-electron chi connectivity index (χ2n) is 7.66. The van der Waals surface area contributed by atoms with Gasteiger partial charge in [0.05, 0.1) is 13.7 Å². The van der Waals surface area contributed by atoms with Gasteiger partial charge in [-0.15, -0.1) is 10.2 Å². The highest BCUT2D eigenvalue weighted by molar-refractivity contribution is 5.68. The van der Waals surface area contributed by atoms with E-state index in [2.05, 4.69) is 39.4 Å². The Kier molecular flexibility index (Phi) is 5.57. The minimum Gasteiger partial charge on any atom is -0.449 e. The molecule has 2 aliphatic heterocycles. The number of piperazine rings is 1. The van der Waals surface area contributed by atoms with Crippen molar-refractivity contribution in [2.75, 3.05) is 19.7 Å². The minimum atomic E-state index is -0.182. The van der Waals surface area contributed by atoms with Crippen molar-refractivity contribution in [1.82, 2.24) is 30.0 Å². The maximum absolute atomic E-state index is 12.5. The number of tetrazole rings is 1. The monoisotopic (exact) mass is 384 g/mol. The van der Waals surface area contributed by atoms with E-state index in [1.165, 1.54) is 4.80 Å². The van der Waals surface area contributed by atoms with Crippen LogP contribution in [-0.4, -0.2) is 67.9 Å². The fraction of sp³-hybridized carbons (Fsp3) is 0.600. The number of fused-ring (bicyclic) bond motifs is 2. The van der Waals surface area contributed by atoms with Crippen LogP contribution in [0.3, 0.4) is 0 Å². The SMILES string of the molecule is CCCCOC(=O)N1CC2CCC(C1)N2C(c1ccccc1)c1nnn(C)n1. The summed E-state index contributed by atoms with van der Waals surface area (Å²) in [5.74, 6) is 0.713. The number of amides is 1. The Bertz CT molecular complexity index is 781. The first-order chi connectivity index (χ1) is 13.7. The number of aryl methyl sites for hydroxylation is 1. The first-order valence-corrected chi connectivity index (χ1v) is 10.2. The number of rotatable bonds is 6. The van der Waals surface area contributed by atoms with Crippen LogP contribution in [0.25, 0.3) is 0 Å². The van der Waals surface area contributed by atoms with E-state index in [0.29, 0.717) is 25.5 Å². The minimum absolute atomic E-state index is 0.0503. The Morgan fingerprint density at radius 1 is 1.21 bits per heavy atom. The zero-order valence-corrected chi connectivity index (χ0v) is 16.6. The van der Waals surface area contributed by atoms with Crippen LogP contribution in [0.1, 0.15) is 50.0 Å². The lowest BCUT2D eigenvalue weighted by atomic mass is 10.0. The van der Waals surface area contributed by atoms with Crippen molar-refractivity contribution in [1.29, 1.82) is 0 Å². The first-order valence-electron chi connectivity index (χ1n) is 10.2. The number of likely N-dealkylation sites (tertiary alicyclic amines) is 1. The van der Waals surface area contributed by atoms with Gasteiger partial charge >= 0.3 is 6.09 Å². The molecule has 0 spiro atoms. The van der Waals surface area contributed by atoms with Crippen LogP contribution in [0, 0.1) is 0 Å². The molecule has 2 fully saturated rings. The number of unbranched alkanes of at least 4 members (excludes halogenated alkanes) is 1. The van der Waals surface area contributed by atoms with Crippen molar-refractivity contribution >= 4 is 6.09 Å². The van der Waals surface area contributed by atoms with E-state index in [4.69, 9.17) is 4.74 Å². The lowest BCUT2D eigenvalue weighted by molar-refractivity contribution is 0.0296. The number of carbonyl (C=O) groups is 1. The molecule has 1 amide bonds. The van der Waals surface area contributed by atoms with Crippen molar-refractivity contribution in [3.63, 3.8) is 0 Å². The number of nitrogens with zero attached hydrogens (tertiary/aromatic N) is 6. The molecular weight excluding hydrogens is 356 g/mol. The van der Waals surface area contributed by atoms with Crippen molar-refractivity contribution in [2.24, 2.45) is 7.05 Å². The molecule has 8 nitrogen and oxygen atoms in total. The highest BCUT2D eigenvalue weighted by Crippen LogP contribution is 2.39. The largest absolute Gasteiger partial charge is 0.449 e. The van der Waals surface area contributed by atoms with Gasteiger partial charge < -0.3 is 9.64 Å². The normalized spacial score (nSPS) is 23.0. The number of benzene rings is 1. The predicted octanol–water partition coefficient (Wildman–Crippen LogP) is 2.38. The molecule has 3 unspecified atom stereocenters. The molecule has 28 heavy (non-hydrogen) atoms. The highest BCUT2D eigenvalue weighted by atomic mass is 16.6. The summed E-state index contributed by atoms with van der Waals surface area (Å²) in [5, 5.41) is 12.9. The quantitative estimate of drug-likeness (QED) is 0.712. The zero-order chi connectivity index (χ0) is 19.5. The second-order valence-corrected chi connectivity index (χ2v) is 7.66. The molecule has 0 radical (unpaired) electrons. The molecule has 1 aromatic carbocycles. The number of aromatic nitrogens is 4. The van der Waals surface area contributed by atoms with Crippen molar-refractivity contribution in [3.8, 4) is 0 Å². The van der Waals surface area contributed by atoms with Crippen LogP contribution < -0.4 is 0 Å². The fourth-order valence-electron chi connectivity index (χ4n) is 4.40. The average Bonchev–Trinajstić information content (AvgIpc) is 3.23. The lowest BCUT2D eigenvalue weighted by Crippen LogP contribution is -2.56. The standard InChI is InChI=1S/C20H28N6O2/c1-3-4-12-28-20(27)25-13-16-10-11-17(14-25)26(16)18(15-8-6-5-7-9-15)19-21-23-24(2)22-19/h5-9,16-18H,3-4,10-14H2,1-2H3. The number of ether oxygens (including phenoxy) is 1. The van der Waals surface area contributed by atoms with E-state index in [1.54, 1.807) is 7.05 Å². The van der Waals surface area contributed by atoms with E-state index < -0.39 is 0 Å². The Hall–Kier alpha value is -2.48. The Balaban J connectivity index is 1.55. The Morgan fingerprint density at radius 3 is 2.54 bits per heavy atom. The molecule has 3 atom stereocenters. The summed E-state index contributed by atoms with van der Waals surface area (Å²) in [4.78, 5) is 18.3. The summed E-state index contributed by atoms with van der Waals surface area (Å²) in [5.41, 5.74) is 1.16. The van der Waals surface area contributed by atoms with Gasteiger partial charge in [-0.25, -0.2) is 4.79 Å². The summed E-state index contributed by atoms with van der Waals surface area (Å²) in [6, 6.07) is 10.8. The molecular formula is C20H28N6O2. The summed E-state index contributed by atoms with van der Waals surface area (Å²) >= 11 is 0. The van der Waals surface area contributed by atoms with E-state index in [1.807, 2.05) is 23.1 Å². The van der Waals surface area contributed by atoms with Gasteiger partial charge in [0.2, 0.25) is 0 Å². The van der Waals surface area contributed by atoms with Gasteiger partial charge in [0.25, 0.3) is 0 Å². The molecule has 2 aromatic rings. The number of hydrogen-bond donors (Lipinski definition) is 0. The van der Waals surface area contributed by atoms with Gasteiger partial charge in [-0.2, -0.15) is 4.80 Å². The fourth-order valence-corrected chi connectivity index (χ4v) is 4.40. The van der Waals surface area contributed by atoms with Crippen LogP contribution in [0.2, 0.25) is 0 Å². The third kappa shape index (κ3) is 3.73. The third-order valence-electron chi connectivity index (χ3n) is 5.70. The van der Waals surface area contributed by atoms with Crippen LogP contribution >= 0.6 is 0 Å². The van der Waals surface area contributed by atoms with E-state index in [0.717, 1.165) is 31.2 Å². The molecule has 1 aromatic heterocycles. The van der Waals surface area contributed by atoms with Gasteiger partial charge in [0, 0.05) is 25.2 Å². The van der Waals surface area contributed by atoms with Gasteiger partial charge in [-0.1, -0.05) is 43.7 Å². The van der Waals surface area contributed by atoms with Crippen LogP contribution in [0.15, 0.2) is 30.3 Å². The van der Waals surface area contributed by atoms with Gasteiger partial charge in [0.15, 0.2) is 5.82 Å². The molecule has 3 heterocycles. The zero-order valence-electron chi connectivity index (χ0n) is 16.6. The Labute approximate surface area is 165 Å². The molecule has 2 aliphatic rings. The molecule has 0 aliphatic carbocycles. The van der Waals surface area contributed by atoms with Crippen LogP contribution in [0.4, 0.5) is 4.79 Å². The van der Waals surface area contributed by atoms with E-state index in [-0.39, 0.29) is 24.2 Å². The molecule has 0 N–H and O–H groups in total. The van der Waals surface area contributed by atoms with Crippen LogP contribution in [-0.2, 0) is 11.8 Å².